The highest BCUT2D eigenvalue weighted by atomic mass is 79.9. The van der Waals surface area contributed by atoms with Crippen LogP contribution in [0.1, 0.15) is 5.56 Å². The third kappa shape index (κ3) is 2.56. The van der Waals surface area contributed by atoms with Gasteiger partial charge in [0.25, 0.3) is 5.56 Å². The second kappa shape index (κ2) is 5.11. The van der Waals surface area contributed by atoms with Gasteiger partial charge in [0, 0.05) is 4.47 Å². The van der Waals surface area contributed by atoms with Crippen molar-refractivity contribution in [2.45, 2.75) is 6.92 Å². The van der Waals surface area contributed by atoms with E-state index in [1.165, 1.54) is 6.33 Å². The molecule has 0 unspecified atom stereocenters. The molecule has 5 nitrogen and oxygen atoms in total. The number of rotatable bonds is 2. The molecule has 0 atom stereocenters. The number of aromatic amines is 1. The van der Waals surface area contributed by atoms with Crippen molar-refractivity contribution >= 4 is 37.5 Å². The molecule has 1 aromatic heterocycles. The molecule has 3 N–H and O–H groups in total. The lowest BCUT2D eigenvalue weighted by Gasteiger charge is -2.11. The highest BCUT2D eigenvalue weighted by Gasteiger charge is 2.12. The zero-order valence-corrected chi connectivity index (χ0v) is 12.5. The molecule has 0 amide bonds. The highest BCUT2D eigenvalue weighted by Crippen LogP contribution is 2.34. The van der Waals surface area contributed by atoms with E-state index in [1.54, 1.807) is 6.07 Å². The van der Waals surface area contributed by atoms with Crippen molar-refractivity contribution in [2.75, 3.05) is 5.73 Å². The number of nitrogens with two attached hydrogens (primary N) is 1. The van der Waals surface area contributed by atoms with Gasteiger partial charge in [0.15, 0.2) is 5.75 Å². The average Bonchev–Trinajstić information content (AvgIpc) is 2.28. The number of H-pyrrole nitrogens is 1. The highest BCUT2D eigenvalue weighted by molar-refractivity contribution is 9.10. The second-order valence-electron chi connectivity index (χ2n) is 3.59. The van der Waals surface area contributed by atoms with Crippen LogP contribution in [0.5, 0.6) is 11.6 Å². The molecule has 18 heavy (non-hydrogen) atoms. The number of hydrogen-bond donors (Lipinski definition) is 2. The standard InChI is InChI=1S/C11H9Br2N3O2/c1-5-2-6(12)3-7(14)9(5)18-11-8(13)10(17)15-4-16-11/h2-4H,14H2,1H3,(H,15,16,17). The fraction of sp³-hybridized carbons (Fsp3) is 0.0909. The second-order valence-corrected chi connectivity index (χ2v) is 5.30. The molecule has 0 fully saturated rings. The Hall–Kier alpha value is -1.34. The van der Waals surface area contributed by atoms with E-state index in [9.17, 15) is 4.79 Å². The summed E-state index contributed by atoms with van der Waals surface area (Å²) in [4.78, 5) is 17.8. The van der Waals surface area contributed by atoms with Crippen LogP contribution < -0.4 is 16.0 Å². The van der Waals surface area contributed by atoms with E-state index < -0.39 is 0 Å². The van der Waals surface area contributed by atoms with Crippen LogP contribution in [-0.4, -0.2) is 9.97 Å². The normalized spacial score (nSPS) is 10.4. The van der Waals surface area contributed by atoms with Crippen molar-refractivity contribution in [2.24, 2.45) is 0 Å². The Bertz CT molecular complexity index is 632. The maximum atomic E-state index is 11.4. The summed E-state index contributed by atoms with van der Waals surface area (Å²) < 4.78 is 6.67. The summed E-state index contributed by atoms with van der Waals surface area (Å²) in [6.45, 7) is 1.86. The molecule has 2 aromatic rings. The molecule has 7 heteroatoms. The van der Waals surface area contributed by atoms with Gasteiger partial charge in [-0.1, -0.05) is 15.9 Å². The monoisotopic (exact) mass is 373 g/mol. The van der Waals surface area contributed by atoms with Gasteiger partial charge in [0.1, 0.15) is 4.47 Å². The van der Waals surface area contributed by atoms with E-state index in [2.05, 4.69) is 41.8 Å². The number of hydrogen-bond acceptors (Lipinski definition) is 4. The Kier molecular flexibility index (Phi) is 3.72. The minimum Gasteiger partial charge on any atom is -0.435 e. The molecular weight excluding hydrogens is 366 g/mol. The summed E-state index contributed by atoms with van der Waals surface area (Å²) in [5.74, 6) is 0.660. The third-order valence-corrected chi connectivity index (χ3v) is 3.39. The minimum absolute atomic E-state index is 0.177. The van der Waals surface area contributed by atoms with E-state index in [0.29, 0.717) is 11.4 Å². The van der Waals surface area contributed by atoms with E-state index in [1.807, 2.05) is 13.0 Å². The number of nitrogens with zero attached hydrogens (tertiary/aromatic N) is 1. The summed E-state index contributed by atoms with van der Waals surface area (Å²) in [5.41, 5.74) is 6.87. The minimum atomic E-state index is -0.312. The van der Waals surface area contributed by atoms with Crippen LogP contribution in [0, 0.1) is 6.92 Å². The Morgan fingerprint density at radius 2 is 2.11 bits per heavy atom. The number of aryl methyl sites for hydroxylation is 1. The zero-order valence-electron chi connectivity index (χ0n) is 9.33. The molecule has 94 valence electrons. The third-order valence-electron chi connectivity index (χ3n) is 2.23. The van der Waals surface area contributed by atoms with E-state index in [0.717, 1.165) is 10.0 Å². The molecule has 1 heterocycles. The molecule has 0 radical (unpaired) electrons. The van der Waals surface area contributed by atoms with Crippen molar-refractivity contribution in [3.8, 4) is 11.6 Å². The molecule has 0 aliphatic heterocycles. The van der Waals surface area contributed by atoms with Gasteiger partial charge in [0.05, 0.1) is 12.0 Å². The number of nitrogen functional groups attached to an aromatic ring is 1. The lowest BCUT2D eigenvalue weighted by atomic mass is 10.2. The molecule has 0 spiro atoms. The van der Waals surface area contributed by atoms with Gasteiger partial charge < -0.3 is 15.5 Å². The van der Waals surface area contributed by atoms with Gasteiger partial charge in [-0.25, -0.2) is 4.98 Å². The lowest BCUT2D eigenvalue weighted by Crippen LogP contribution is -2.09. The first-order valence-corrected chi connectivity index (χ1v) is 6.54. The van der Waals surface area contributed by atoms with Gasteiger partial charge in [0.2, 0.25) is 5.88 Å². The largest absolute Gasteiger partial charge is 0.435 e. The zero-order chi connectivity index (χ0) is 13.3. The van der Waals surface area contributed by atoms with Gasteiger partial charge in [-0.05, 0) is 40.5 Å². The quantitative estimate of drug-likeness (QED) is 0.791. The van der Waals surface area contributed by atoms with Crippen LogP contribution in [0.15, 0.2) is 32.2 Å². The number of benzene rings is 1. The van der Waals surface area contributed by atoms with Crippen molar-refractivity contribution in [3.05, 3.63) is 43.3 Å². The topological polar surface area (TPSA) is 81.0 Å². The number of ether oxygens (including phenoxy) is 1. The number of halogens is 2. The van der Waals surface area contributed by atoms with Gasteiger partial charge in [-0.15, -0.1) is 0 Å². The number of anilines is 1. The number of nitrogens with one attached hydrogen (secondary N) is 1. The van der Waals surface area contributed by atoms with Gasteiger partial charge in [-0.3, -0.25) is 4.79 Å². The van der Waals surface area contributed by atoms with Crippen LogP contribution in [0.25, 0.3) is 0 Å². The number of aromatic nitrogens is 2. The van der Waals surface area contributed by atoms with Gasteiger partial charge in [-0.2, -0.15) is 0 Å². The molecule has 0 saturated carbocycles. The summed E-state index contributed by atoms with van der Waals surface area (Å²) in [7, 11) is 0. The fourth-order valence-corrected chi connectivity index (χ4v) is 2.32. The van der Waals surface area contributed by atoms with Crippen molar-refractivity contribution < 1.29 is 4.74 Å². The molecule has 2 rings (SSSR count). The molecular formula is C11H9Br2N3O2. The van der Waals surface area contributed by atoms with Crippen LogP contribution in [0.3, 0.4) is 0 Å². The molecule has 0 aliphatic rings. The van der Waals surface area contributed by atoms with E-state index >= 15 is 0 Å². The van der Waals surface area contributed by atoms with Crippen molar-refractivity contribution in [1.82, 2.24) is 9.97 Å². The molecule has 0 saturated heterocycles. The first-order valence-electron chi connectivity index (χ1n) is 4.95. The fourth-order valence-electron chi connectivity index (χ4n) is 1.43. The Labute approximate surface area is 120 Å². The van der Waals surface area contributed by atoms with Crippen LogP contribution in [0.2, 0.25) is 0 Å². The molecule has 0 aliphatic carbocycles. The van der Waals surface area contributed by atoms with Crippen molar-refractivity contribution in [1.29, 1.82) is 0 Å². The molecule has 1 aromatic carbocycles. The first-order chi connectivity index (χ1) is 8.49. The van der Waals surface area contributed by atoms with E-state index in [-0.39, 0.29) is 15.9 Å². The van der Waals surface area contributed by atoms with Crippen LogP contribution in [-0.2, 0) is 0 Å². The maximum absolute atomic E-state index is 11.4. The summed E-state index contributed by atoms with van der Waals surface area (Å²) in [6.07, 6.45) is 1.27. The van der Waals surface area contributed by atoms with Gasteiger partial charge >= 0.3 is 0 Å². The van der Waals surface area contributed by atoms with Crippen LogP contribution >= 0.6 is 31.9 Å². The van der Waals surface area contributed by atoms with Crippen molar-refractivity contribution in [3.63, 3.8) is 0 Å². The smallest absolute Gasteiger partial charge is 0.268 e. The SMILES string of the molecule is Cc1cc(Br)cc(N)c1Oc1nc[nH]c(=O)c1Br. The summed E-state index contributed by atoms with van der Waals surface area (Å²) >= 11 is 6.46. The van der Waals surface area contributed by atoms with Crippen LogP contribution in [0.4, 0.5) is 5.69 Å². The molecule has 0 bridgehead atoms. The Morgan fingerprint density at radius 3 is 2.78 bits per heavy atom. The lowest BCUT2D eigenvalue weighted by molar-refractivity contribution is 0.455. The first kappa shape index (κ1) is 13.1. The Balaban J connectivity index is 2.47. The summed E-state index contributed by atoms with van der Waals surface area (Å²) in [5, 5.41) is 0. The predicted octanol–water partition coefficient (Wildman–Crippen LogP) is 2.98. The maximum Gasteiger partial charge on any atom is 0.268 e. The predicted molar refractivity (Wildman–Crippen MR) is 75.9 cm³/mol. The average molecular weight is 375 g/mol. The summed E-state index contributed by atoms with van der Waals surface area (Å²) in [6, 6.07) is 3.59. The Morgan fingerprint density at radius 1 is 1.39 bits per heavy atom. The van der Waals surface area contributed by atoms with E-state index in [4.69, 9.17) is 10.5 Å².